The Bertz CT molecular complexity index is 578. The van der Waals surface area contributed by atoms with Crippen molar-refractivity contribution in [1.29, 1.82) is 0 Å². The van der Waals surface area contributed by atoms with Gasteiger partial charge in [0.1, 0.15) is 12.4 Å². The third-order valence-corrected chi connectivity index (χ3v) is 4.17. The van der Waals surface area contributed by atoms with Crippen LogP contribution < -0.4 is 10.1 Å². The van der Waals surface area contributed by atoms with Crippen LogP contribution in [-0.2, 0) is 6.61 Å². The van der Waals surface area contributed by atoms with Crippen molar-refractivity contribution in [1.82, 2.24) is 4.98 Å². The maximum absolute atomic E-state index is 6.03. The summed E-state index contributed by atoms with van der Waals surface area (Å²) >= 11 is 1.66. The van der Waals surface area contributed by atoms with Gasteiger partial charge in [0.05, 0.1) is 4.88 Å². The van der Waals surface area contributed by atoms with Crippen molar-refractivity contribution in [2.24, 2.45) is 0 Å². The van der Waals surface area contributed by atoms with Gasteiger partial charge in [0.15, 0.2) is 5.13 Å². The van der Waals surface area contributed by atoms with Crippen molar-refractivity contribution in [2.75, 3.05) is 11.9 Å². The Kier molecular flexibility index (Phi) is 5.62. The molecule has 0 saturated heterocycles. The number of rotatable bonds is 7. The van der Waals surface area contributed by atoms with Gasteiger partial charge in [-0.2, -0.15) is 0 Å². The molecule has 2 aromatic rings. The van der Waals surface area contributed by atoms with Crippen molar-refractivity contribution >= 4 is 16.5 Å². The van der Waals surface area contributed by atoms with Crippen LogP contribution in [0.15, 0.2) is 24.4 Å². The van der Waals surface area contributed by atoms with Crippen LogP contribution in [0.4, 0.5) is 5.13 Å². The minimum absolute atomic E-state index is 0.462. The maximum Gasteiger partial charge on any atom is 0.182 e. The normalized spacial score (nSPS) is 10.9. The average Bonchev–Trinajstić information content (AvgIpc) is 2.90. The second kappa shape index (κ2) is 7.46. The van der Waals surface area contributed by atoms with E-state index in [4.69, 9.17) is 4.74 Å². The van der Waals surface area contributed by atoms with Gasteiger partial charge in [-0.25, -0.2) is 4.98 Å². The lowest BCUT2D eigenvalue weighted by Crippen LogP contribution is -1.99. The maximum atomic E-state index is 6.03. The molecule has 0 aliphatic heterocycles. The van der Waals surface area contributed by atoms with Crippen LogP contribution in [0.3, 0.4) is 0 Å². The van der Waals surface area contributed by atoms with Gasteiger partial charge in [0.25, 0.3) is 0 Å². The lowest BCUT2D eigenvalue weighted by molar-refractivity contribution is 0.305. The highest BCUT2D eigenvalue weighted by Crippen LogP contribution is 2.29. The van der Waals surface area contributed by atoms with E-state index in [0.29, 0.717) is 12.5 Å². The van der Waals surface area contributed by atoms with Crippen LogP contribution >= 0.6 is 11.3 Å². The summed E-state index contributed by atoms with van der Waals surface area (Å²) in [5.41, 5.74) is 2.48. The number of thiazole rings is 1. The number of anilines is 1. The molecule has 0 aliphatic rings. The Morgan fingerprint density at radius 2 is 2.14 bits per heavy atom. The van der Waals surface area contributed by atoms with Crippen molar-refractivity contribution < 1.29 is 4.74 Å². The van der Waals surface area contributed by atoms with Gasteiger partial charge < -0.3 is 10.1 Å². The molecule has 1 aromatic heterocycles. The zero-order valence-electron chi connectivity index (χ0n) is 13.3. The monoisotopic (exact) mass is 304 g/mol. The largest absolute Gasteiger partial charge is 0.488 e. The Hall–Kier alpha value is -1.55. The number of ether oxygens (including phenoxy) is 1. The molecule has 3 nitrogen and oxygen atoms in total. The Morgan fingerprint density at radius 3 is 2.86 bits per heavy atom. The smallest absolute Gasteiger partial charge is 0.182 e. The molecule has 4 heteroatoms. The molecule has 0 spiro atoms. The van der Waals surface area contributed by atoms with E-state index in [2.05, 4.69) is 56.2 Å². The average molecular weight is 304 g/mol. The van der Waals surface area contributed by atoms with Crippen molar-refractivity contribution in [3.8, 4) is 5.75 Å². The Labute approximate surface area is 131 Å². The summed E-state index contributed by atoms with van der Waals surface area (Å²) in [6, 6.07) is 6.42. The van der Waals surface area contributed by atoms with Crippen molar-refractivity contribution in [3.63, 3.8) is 0 Å². The van der Waals surface area contributed by atoms with Crippen LogP contribution in [0.25, 0.3) is 0 Å². The van der Waals surface area contributed by atoms with Crippen molar-refractivity contribution in [2.45, 2.75) is 46.6 Å². The molecule has 0 aliphatic carbocycles. The minimum atomic E-state index is 0.462. The van der Waals surface area contributed by atoms with Gasteiger partial charge in [0.2, 0.25) is 0 Å². The Morgan fingerprint density at radius 1 is 1.33 bits per heavy atom. The summed E-state index contributed by atoms with van der Waals surface area (Å²) in [6.45, 7) is 10.2. The van der Waals surface area contributed by atoms with Gasteiger partial charge in [0, 0.05) is 12.7 Å². The third-order valence-electron chi connectivity index (χ3n) is 3.24. The Balaban J connectivity index is 2.02. The van der Waals surface area contributed by atoms with E-state index in [1.165, 1.54) is 11.1 Å². The van der Waals surface area contributed by atoms with Crippen LogP contribution in [-0.4, -0.2) is 11.5 Å². The van der Waals surface area contributed by atoms with E-state index in [1.807, 2.05) is 6.20 Å². The van der Waals surface area contributed by atoms with Crippen LogP contribution in [0.2, 0.25) is 0 Å². The fraction of sp³-hybridized carbons (Fsp3) is 0.471. The molecule has 2 rings (SSSR count). The third kappa shape index (κ3) is 4.46. The highest BCUT2D eigenvalue weighted by molar-refractivity contribution is 7.15. The molecule has 21 heavy (non-hydrogen) atoms. The molecule has 0 atom stereocenters. The number of nitrogens with zero attached hydrogens (tertiary/aromatic N) is 1. The molecule has 1 aromatic carbocycles. The van der Waals surface area contributed by atoms with Gasteiger partial charge >= 0.3 is 0 Å². The number of hydrogen-bond donors (Lipinski definition) is 1. The van der Waals surface area contributed by atoms with E-state index in [9.17, 15) is 0 Å². The SMILES string of the molecule is CCCNc1ncc(COc2cc(C)ccc2C(C)C)s1. The standard InChI is InChI=1S/C17H24N2OS/c1-5-8-18-17-19-10-14(21-17)11-20-16-9-13(4)6-7-15(16)12(2)3/h6-7,9-10,12H,5,8,11H2,1-4H3,(H,18,19). The molecule has 114 valence electrons. The number of nitrogens with one attached hydrogen (secondary N) is 1. The van der Waals surface area contributed by atoms with Crippen molar-refractivity contribution in [3.05, 3.63) is 40.4 Å². The molecule has 0 bridgehead atoms. The topological polar surface area (TPSA) is 34.2 Å². The summed E-state index contributed by atoms with van der Waals surface area (Å²) in [5.74, 6) is 1.45. The minimum Gasteiger partial charge on any atom is -0.488 e. The first kappa shape index (κ1) is 15.8. The lowest BCUT2D eigenvalue weighted by atomic mass is 10.0. The summed E-state index contributed by atoms with van der Waals surface area (Å²) in [5, 5.41) is 4.28. The molecule has 0 amide bonds. The van der Waals surface area contributed by atoms with E-state index in [1.54, 1.807) is 11.3 Å². The molecule has 0 fully saturated rings. The number of benzene rings is 1. The summed E-state index contributed by atoms with van der Waals surface area (Å²) in [7, 11) is 0. The van der Waals surface area contributed by atoms with E-state index in [-0.39, 0.29) is 0 Å². The van der Waals surface area contributed by atoms with Crippen LogP contribution in [0.1, 0.15) is 49.1 Å². The fourth-order valence-corrected chi connectivity index (χ4v) is 2.83. The summed E-state index contributed by atoms with van der Waals surface area (Å²) in [6.07, 6.45) is 3.00. The van der Waals surface area contributed by atoms with Gasteiger partial charge in [-0.15, -0.1) is 0 Å². The highest BCUT2D eigenvalue weighted by atomic mass is 32.1. The first-order valence-corrected chi connectivity index (χ1v) is 8.33. The summed E-state index contributed by atoms with van der Waals surface area (Å²) in [4.78, 5) is 5.51. The molecule has 0 unspecified atom stereocenters. The number of aryl methyl sites for hydroxylation is 1. The first-order chi connectivity index (χ1) is 10.1. The van der Waals surface area contributed by atoms with Gasteiger partial charge in [-0.3, -0.25) is 0 Å². The molecule has 0 saturated carbocycles. The van der Waals surface area contributed by atoms with E-state index in [0.717, 1.165) is 28.7 Å². The van der Waals surface area contributed by atoms with Crippen LogP contribution in [0.5, 0.6) is 5.75 Å². The quantitative estimate of drug-likeness (QED) is 0.783. The lowest BCUT2D eigenvalue weighted by Gasteiger charge is -2.14. The van der Waals surface area contributed by atoms with Gasteiger partial charge in [-0.05, 0) is 36.5 Å². The van der Waals surface area contributed by atoms with Gasteiger partial charge in [-0.1, -0.05) is 44.2 Å². The second-order valence-corrected chi connectivity index (χ2v) is 6.66. The van der Waals surface area contributed by atoms with Crippen LogP contribution in [0, 0.1) is 6.92 Å². The molecular formula is C17H24N2OS. The zero-order valence-corrected chi connectivity index (χ0v) is 14.1. The number of hydrogen-bond acceptors (Lipinski definition) is 4. The summed E-state index contributed by atoms with van der Waals surface area (Å²) < 4.78 is 6.03. The molecule has 1 heterocycles. The molecular weight excluding hydrogens is 280 g/mol. The second-order valence-electron chi connectivity index (χ2n) is 5.54. The predicted octanol–water partition coefficient (Wildman–Crippen LogP) is 4.98. The molecule has 1 N–H and O–H groups in total. The van der Waals surface area contributed by atoms with E-state index < -0.39 is 0 Å². The predicted molar refractivity (Wildman–Crippen MR) is 90.5 cm³/mol. The van der Waals surface area contributed by atoms with E-state index >= 15 is 0 Å². The zero-order chi connectivity index (χ0) is 15.2. The highest BCUT2D eigenvalue weighted by Gasteiger charge is 2.09. The fourth-order valence-electron chi connectivity index (χ4n) is 2.08. The molecule has 0 radical (unpaired) electrons. The number of aromatic nitrogens is 1. The first-order valence-electron chi connectivity index (χ1n) is 7.52.